The number of aromatic nitrogens is 6. The van der Waals surface area contributed by atoms with Crippen LogP contribution in [0, 0.1) is 5.92 Å². The summed E-state index contributed by atoms with van der Waals surface area (Å²) in [6.07, 6.45) is 11.6. The minimum Gasteiger partial charge on any atom is -0.497 e. The molecule has 4 aromatic rings. The van der Waals surface area contributed by atoms with E-state index in [9.17, 15) is 9.59 Å². The molecule has 2 aliphatic heterocycles. The molecule has 4 aliphatic rings. The summed E-state index contributed by atoms with van der Waals surface area (Å²) in [5.41, 5.74) is 10.9. The zero-order valence-electron chi connectivity index (χ0n) is 33.3. The van der Waals surface area contributed by atoms with Gasteiger partial charge in [-0.15, -0.1) is 0 Å². The molecule has 16 nitrogen and oxygen atoms in total. The Morgan fingerprint density at radius 1 is 0.772 bits per heavy atom. The quantitative estimate of drug-likeness (QED) is 0.210. The minimum absolute atomic E-state index is 0.103. The van der Waals surface area contributed by atoms with E-state index in [4.69, 9.17) is 39.8 Å². The fourth-order valence-electron chi connectivity index (χ4n) is 7.31. The third kappa shape index (κ3) is 11.0. The van der Waals surface area contributed by atoms with Crippen LogP contribution in [0.1, 0.15) is 54.6 Å². The van der Waals surface area contributed by atoms with Gasteiger partial charge in [0.25, 0.3) is 0 Å². The summed E-state index contributed by atoms with van der Waals surface area (Å²) < 4.78 is 20.8. The Bertz CT molecular complexity index is 2000. The van der Waals surface area contributed by atoms with Crippen molar-refractivity contribution < 1.29 is 33.6 Å². The molecule has 16 heteroatoms. The maximum Gasteiger partial charge on any atom is 0.323 e. The first-order valence-electron chi connectivity index (χ1n) is 19.5. The van der Waals surface area contributed by atoms with Gasteiger partial charge in [0.1, 0.15) is 41.1 Å². The molecule has 0 saturated carbocycles. The smallest absolute Gasteiger partial charge is 0.323 e. The SMILES string of the molecule is COc1ccnc(-c2nc3c(c(N(C)CC(=O)CC4CCOC4)n2)CCC3)c1.COc1ccnc(-c2nc3c(c(N(C)CC(=O)O)n2)CCC3)c1.NC1CCOC1. The fraction of sp³-hybridized carbons (Fsp3) is 0.512. The number of hydrogen-bond acceptors (Lipinski definition) is 15. The number of ketones is 1. The van der Waals surface area contributed by atoms with Crippen molar-refractivity contribution in [2.45, 2.75) is 63.8 Å². The number of fused-ring (bicyclic) bond motifs is 2. The molecule has 0 radical (unpaired) electrons. The highest BCUT2D eigenvalue weighted by molar-refractivity contribution is 5.83. The maximum atomic E-state index is 12.6. The number of carbonyl (C=O) groups excluding carboxylic acids is 1. The first-order chi connectivity index (χ1) is 27.6. The van der Waals surface area contributed by atoms with Crippen LogP contribution in [-0.4, -0.2) is 121 Å². The number of carbonyl (C=O) groups is 2. The highest BCUT2D eigenvalue weighted by Gasteiger charge is 2.26. The van der Waals surface area contributed by atoms with Crippen LogP contribution in [-0.2, 0) is 44.7 Å². The predicted octanol–water partition coefficient (Wildman–Crippen LogP) is 3.76. The van der Waals surface area contributed by atoms with Crippen LogP contribution >= 0.6 is 0 Å². The maximum absolute atomic E-state index is 12.6. The summed E-state index contributed by atoms with van der Waals surface area (Å²) in [6.45, 7) is 3.34. The number of aliphatic carboxylic acids is 1. The van der Waals surface area contributed by atoms with Crippen molar-refractivity contribution in [3.63, 3.8) is 0 Å². The van der Waals surface area contributed by atoms with E-state index in [0.717, 1.165) is 105 Å². The van der Waals surface area contributed by atoms with E-state index < -0.39 is 5.97 Å². The first-order valence-corrected chi connectivity index (χ1v) is 19.5. The van der Waals surface area contributed by atoms with Crippen LogP contribution in [0.2, 0.25) is 0 Å². The van der Waals surface area contributed by atoms with Gasteiger partial charge in [-0.1, -0.05) is 0 Å². The molecule has 2 aliphatic carbocycles. The summed E-state index contributed by atoms with van der Waals surface area (Å²) in [7, 11) is 6.89. The number of likely N-dealkylation sites (N-methyl/N-ethyl adjacent to an activating group) is 2. The van der Waals surface area contributed by atoms with Gasteiger partial charge >= 0.3 is 5.97 Å². The number of ether oxygens (including phenoxy) is 4. The van der Waals surface area contributed by atoms with Crippen molar-refractivity contribution in [1.29, 1.82) is 0 Å². The topological polar surface area (TPSA) is 201 Å². The number of carboxylic acids is 1. The van der Waals surface area contributed by atoms with E-state index in [-0.39, 0.29) is 12.3 Å². The van der Waals surface area contributed by atoms with Crippen LogP contribution in [0.5, 0.6) is 11.5 Å². The summed E-state index contributed by atoms with van der Waals surface area (Å²) in [6, 6.07) is 7.50. The molecule has 57 heavy (non-hydrogen) atoms. The van der Waals surface area contributed by atoms with Crippen LogP contribution in [0.25, 0.3) is 23.0 Å². The molecule has 4 aromatic heterocycles. The number of nitrogens with zero attached hydrogens (tertiary/aromatic N) is 8. The highest BCUT2D eigenvalue weighted by Crippen LogP contribution is 2.33. The van der Waals surface area contributed by atoms with Crippen molar-refractivity contribution in [2.75, 3.05) is 77.6 Å². The molecule has 0 bridgehead atoms. The molecule has 2 atom stereocenters. The molecule has 304 valence electrons. The molecule has 3 N–H and O–H groups in total. The van der Waals surface area contributed by atoms with Crippen molar-refractivity contribution in [3.8, 4) is 34.5 Å². The van der Waals surface area contributed by atoms with Crippen molar-refractivity contribution in [1.82, 2.24) is 29.9 Å². The van der Waals surface area contributed by atoms with Gasteiger partial charge in [0.2, 0.25) is 0 Å². The summed E-state index contributed by atoms with van der Waals surface area (Å²) in [4.78, 5) is 54.6. The van der Waals surface area contributed by atoms with Gasteiger partial charge in [0.05, 0.1) is 27.4 Å². The normalized spacial score (nSPS) is 17.7. The van der Waals surface area contributed by atoms with Crippen LogP contribution in [0.4, 0.5) is 11.6 Å². The van der Waals surface area contributed by atoms with Crippen molar-refractivity contribution >= 4 is 23.4 Å². The molecule has 8 rings (SSSR count). The number of rotatable bonds is 12. The molecule has 2 saturated heterocycles. The third-order valence-corrected chi connectivity index (χ3v) is 10.2. The minimum atomic E-state index is -0.890. The Balaban J connectivity index is 0.000000170. The van der Waals surface area contributed by atoms with Gasteiger partial charge in [-0.2, -0.15) is 0 Å². The zero-order valence-corrected chi connectivity index (χ0v) is 33.3. The van der Waals surface area contributed by atoms with Gasteiger partial charge in [-0.3, -0.25) is 19.6 Å². The number of pyridine rings is 2. The monoisotopic (exact) mass is 783 g/mol. The largest absolute Gasteiger partial charge is 0.497 e. The Labute approximate surface area is 333 Å². The number of nitrogens with two attached hydrogens (primary N) is 1. The number of aryl methyl sites for hydroxylation is 2. The summed E-state index contributed by atoms with van der Waals surface area (Å²) >= 11 is 0. The summed E-state index contributed by atoms with van der Waals surface area (Å²) in [5, 5.41) is 9.03. The third-order valence-electron chi connectivity index (χ3n) is 10.2. The van der Waals surface area contributed by atoms with Gasteiger partial charge in [-0.05, 0) is 69.4 Å². The number of hydrogen-bond donors (Lipinski definition) is 2. The highest BCUT2D eigenvalue weighted by atomic mass is 16.5. The number of anilines is 2. The fourth-order valence-corrected chi connectivity index (χ4v) is 7.31. The van der Waals surface area contributed by atoms with Crippen LogP contribution < -0.4 is 25.0 Å². The van der Waals surface area contributed by atoms with E-state index in [2.05, 4.69) is 19.9 Å². The average Bonchev–Trinajstić information content (AvgIpc) is 4.07. The standard InChI is InChI=1S/C21H26N4O3.C16H18N4O3.C4H9NO/c1-25(12-15(26)10-14-7-9-28-13-14)21-17-4-3-5-18(17)23-20(24-21)19-11-16(27-2)6-8-22-19;1-20(9-14(21)22)16-11-4-3-5-12(11)18-15(19-16)13-8-10(23-2)6-7-17-13;5-4-1-2-6-3-4/h6,8,11,14H,3-5,7,9-10,12-13H2,1-2H3;6-8H,3-5,9H2,1-2H3,(H,21,22);4H,1-3,5H2. The van der Waals surface area contributed by atoms with E-state index >= 15 is 0 Å². The Morgan fingerprint density at radius 3 is 1.74 bits per heavy atom. The lowest BCUT2D eigenvalue weighted by atomic mass is 10.0. The lowest BCUT2D eigenvalue weighted by molar-refractivity contribution is -0.135. The van der Waals surface area contributed by atoms with E-state index in [1.165, 1.54) is 0 Å². The van der Waals surface area contributed by atoms with Gasteiger partial charge in [0.15, 0.2) is 17.4 Å². The molecule has 2 fully saturated rings. The average molecular weight is 784 g/mol. The second kappa shape index (κ2) is 19.7. The summed E-state index contributed by atoms with van der Waals surface area (Å²) in [5.74, 6) is 3.69. The predicted molar refractivity (Wildman–Crippen MR) is 214 cm³/mol. The van der Waals surface area contributed by atoms with Crippen LogP contribution in [0.15, 0.2) is 36.7 Å². The number of methoxy groups -OCH3 is 2. The van der Waals surface area contributed by atoms with E-state index in [1.807, 2.05) is 18.0 Å². The lowest BCUT2D eigenvalue weighted by Gasteiger charge is -2.21. The second-order valence-corrected chi connectivity index (χ2v) is 14.7. The zero-order chi connectivity index (χ0) is 40.3. The second-order valence-electron chi connectivity index (χ2n) is 14.7. The molecule has 0 aromatic carbocycles. The molecule has 0 amide bonds. The van der Waals surface area contributed by atoms with Gasteiger partial charge in [-0.25, -0.2) is 19.9 Å². The first kappa shape index (κ1) is 41.3. The van der Waals surface area contributed by atoms with Gasteiger partial charge < -0.3 is 39.6 Å². The lowest BCUT2D eigenvalue weighted by Crippen LogP contribution is -2.29. The van der Waals surface area contributed by atoms with Crippen LogP contribution in [0.3, 0.4) is 0 Å². The van der Waals surface area contributed by atoms with Crippen molar-refractivity contribution in [3.05, 3.63) is 59.2 Å². The Kier molecular flexibility index (Phi) is 14.3. The Hall–Kier alpha value is -5.32. The number of carboxylic acid groups (broad SMARTS) is 1. The Morgan fingerprint density at radius 2 is 1.30 bits per heavy atom. The molecular weight excluding hydrogens is 731 g/mol. The molecule has 2 unspecified atom stereocenters. The van der Waals surface area contributed by atoms with E-state index in [0.29, 0.717) is 66.1 Å². The van der Waals surface area contributed by atoms with E-state index in [1.54, 1.807) is 56.8 Å². The molecular formula is C41H53N9O7. The molecule has 0 spiro atoms. The number of Topliss-reactive ketones (excluding diaryl/α,β-unsaturated/α-hetero) is 1. The van der Waals surface area contributed by atoms with Crippen molar-refractivity contribution in [2.24, 2.45) is 11.7 Å². The molecule has 6 heterocycles. The van der Waals surface area contributed by atoms with Gasteiger partial charge in [0, 0.05) is 93.4 Å².